The molecule has 1 N–H and O–H groups in total. The summed E-state index contributed by atoms with van der Waals surface area (Å²) in [7, 11) is 1.68. The smallest absolute Gasteiger partial charge is 0.320 e. The molecule has 1 aromatic rings. The molecule has 0 amide bonds. The van der Waals surface area contributed by atoms with Crippen LogP contribution in [0.5, 0.6) is 5.75 Å². The van der Waals surface area contributed by atoms with Crippen LogP contribution in [0.3, 0.4) is 0 Å². The first-order valence-corrected chi connectivity index (χ1v) is 7.16. The van der Waals surface area contributed by atoms with Gasteiger partial charge in [-0.05, 0) is 42.5 Å². The monoisotopic (exact) mass is 277 g/mol. The zero-order valence-corrected chi connectivity index (χ0v) is 12.4. The number of aliphatic carboxylic acids is 1. The molecule has 2 rings (SSSR count). The molecule has 0 radical (unpaired) electrons. The summed E-state index contributed by atoms with van der Waals surface area (Å²) in [6.07, 6.45) is 1.71. The Labute approximate surface area is 120 Å². The molecule has 110 valence electrons. The van der Waals surface area contributed by atoms with Gasteiger partial charge in [0.15, 0.2) is 0 Å². The Kier molecular flexibility index (Phi) is 4.65. The Bertz CT molecular complexity index is 485. The van der Waals surface area contributed by atoms with Gasteiger partial charge in [-0.2, -0.15) is 0 Å². The lowest BCUT2D eigenvalue weighted by Gasteiger charge is -2.22. The lowest BCUT2D eigenvalue weighted by molar-refractivity contribution is -0.142. The van der Waals surface area contributed by atoms with Crippen molar-refractivity contribution in [3.8, 4) is 5.75 Å². The second-order valence-electron chi connectivity index (χ2n) is 5.70. The van der Waals surface area contributed by atoms with Gasteiger partial charge in [-0.15, -0.1) is 0 Å². The zero-order chi connectivity index (χ0) is 14.7. The van der Waals surface area contributed by atoms with Gasteiger partial charge in [-0.3, -0.25) is 9.69 Å². The fraction of sp³-hybridized carbons (Fsp3) is 0.562. The molecule has 20 heavy (non-hydrogen) atoms. The molecular weight excluding hydrogens is 254 g/mol. The molecule has 4 heteroatoms. The van der Waals surface area contributed by atoms with Crippen LogP contribution >= 0.6 is 0 Å². The molecule has 0 spiro atoms. The third-order valence-corrected chi connectivity index (χ3v) is 3.95. The molecule has 0 bridgehead atoms. The highest BCUT2D eigenvalue weighted by Gasteiger charge is 2.30. The van der Waals surface area contributed by atoms with Crippen LogP contribution in [-0.4, -0.2) is 35.7 Å². The van der Waals surface area contributed by atoms with Gasteiger partial charge >= 0.3 is 5.97 Å². The van der Waals surface area contributed by atoms with Crippen molar-refractivity contribution in [2.24, 2.45) is 0 Å². The fourth-order valence-corrected chi connectivity index (χ4v) is 2.86. The van der Waals surface area contributed by atoms with E-state index in [2.05, 4.69) is 19.9 Å². The molecule has 1 fully saturated rings. The first-order valence-electron chi connectivity index (χ1n) is 7.16. The van der Waals surface area contributed by atoms with Crippen molar-refractivity contribution in [3.05, 3.63) is 29.3 Å². The second kappa shape index (κ2) is 6.27. The molecule has 1 aromatic carbocycles. The number of nitrogens with zero attached hydrogens (tertiary/aromatic N) is 1. The van der Waals surface area contributed by atoms with E-state index in [1.165, 1.54) is 5.56 Å². The van der Waals surface area contributed by atoms with Crippen LogP contribution in [0.25, 0.3) is 0 Å². The van der Waals surface area contributed by atoms with Crippen molar-refractivity contribution in [2.45, 2.75) is 45.2 Å². The molecule has 0 saturated carbocycles. The van der Waals surface area contributed by atoms with Crippen molar-refractivity contribution < 1.29 is 14.6 Å². The minimum atomic E-state index is -0.708. The van der Waals surface area contributed by atoms with E-state index >= 15 is 0 Å². The Hall–Kier alpha value is -1.55. The van der Waals surface area contributed by atoms with E-state index in [9.17, 15) is 9.90 Å². The topological polar surface area (TPSA) is 49.8 Å². The van der Waals surface area contributed by atoms with Crippen molar-refractivity contribution >= 4 is 5.97 Å². The van der Waals surface area contributed by atoms with E-state index in [0.29, 0.717) is 12.5 Å². The van der Waals surface area contributed by atoms with Crippen molar-refractivity contribution in [2.75, 3.05) is 13.7 Å². The van der Waals surface area contributed by atoms with Crippen LogP contribution in [0.15, 0.2) is 18.2 Å². The Morgan fingerprint density at radius 2 is 2.25 bits per heavy atom. The number of hydrogen-bond donors (Lipinski definition) is 1. The maximum Gasteiger partial charge on any atom is 0.320 e. The number of hydrogen-bond acceptors (Lipinski definition) is 3. The second-order valence-corrected chi connectivity index (χ2v) is 5.70. The predicted octanol–water partition coefficient (Wildman–Crippen LogP) is 2.87. The fourth-order valence-electron chi connectivity index (χ4n) is 2.86. The average molecular weight is 277 g/mol. The molecule has 1 heterocycles. The van der Waals surface area contributed by atoms with Crippen LogP contribution in [0.1, 0.15) is 43.7 Å². The van der Waals surface area contributed by atoms with Crippen LogP contribution in [0.2, 0.25) is 0 Å². The van der Waals surface area contributed by atoms with Crippen LogP contribution < -0.4 is 4.74 Å². The van der Waals surface area contributed by atoms with Crippen molar-refractivity contribution in [1.29, 1.82) is 0 Å². The van der Waals surface area contributed by atoms with E-state index in [1.807, 2.05) is 17.0 Å². The number of ether oxygens (including phenoxy) is 1. The van der Waals surface area contributed by atoms with Crippen LogP contribution in [-0.2, 0) is 11.3 Å². The van der Waals surface area contributed by atoms with Crippen LogP contribution in [0.4, 0.5) is 0 Å². The number of carbonyl (C=O) groups is 1. The predicted molar refractivity (Wildman–Crippen MR) is 78.2 cm³/mol. The largest absolute Gasteiger partial charge is 0.496 e. The lowest BCUT2D eigenvalue weighted by atomic mass is 9.99. The Morgan fingerprint density at radius 3 is 2.85 bits per heavy atom. The minimum Gasteiger partial charge on any atom is -0.496 e. The summed E-state index contributed by atoms with van der Waals surface area (Å²) in [5, 5.41) is 9.23. The summed E-state index contributed by atoms with van der Waals surface area (Å²) in [5.74, 6) is 0.582. The quantitative estimate of drug-likeness (QED) is 0.899. The number of carboxylic acid groups (broad SMARTS) is 1. The Balaban J connectivity index is 2.17. The number of methoxy groups -OCH3 is 1. The van der Waals surface area contributed by atoms with E-state index < -0.39 is 5.97 Å². The van der Waals surface area contributed by atoms with Crippen molar-refractivity contribution in [1.82, 2.24) is 4.90 Å². The summed E-state index contributed by atoms with van der Waals surface area (Å²) in [5.41, 5.74) is 2.33. The van der Waals surface area contributed by atoms with Crippen molar-refractivity contribution in [3.63, 3.8) is 0 Å². The van der Waals surface area contributed by atoms with Gasteiger partial charge in [0, 0.05) is 6.54 Å². The maximum atomic E-state index is 11.2. The maximum absolute atomic E-state index is 11.2. The standard InChI is InChI=1S/C16H23NO3/c1-11(2)13-9-12(6-7-15(13)20-3)10-17-8-4-5-14(17)16(18)19/h6-7,9,11,14H,4-5,8,10H2,1-3H3,(H,18,19). The van der Waals surface area contributed by atoms with Gasteiger partial charge in [-0.25, -0.2) is 0 Å². The number of carboxylic acids is 1. The number of likely N-dealkylation sites (tertiary alicyclic amines) is 1. The highest BCUT2D eigenvalue weighted by molar-refractivity contribution is 5.73. The molecule has 1 saturated heterocycles. The number of rotatable bonds is 5. The van der Waals surface area contributed by atoms with Gasteiger partial charge in [0.1, 0.15) is 11.8 Å². The van der Waals surface area contributed by atoms with E-state index in [1.54, 1.807) is 7.11 Å². The van der Waals surface area contributed by atoms with Gasteiger partial charge in [0.05, 0.1) is 7.11 Å². The SMILES string of the molecule is COc1ccc(CN2CCCC2C(=O)O)cc1C(C)C. The molecule has 1 atom stereocenters. The summed E-state index contributed by atoms with van der Waals surface area (Å²) in [6, 6.07) is 5.82. The normalized spacial score (nSPS) is 19.5. The molecule has 4 nitrogen and oxygen atoms in total. The Morgan fingerprint density at radius 1 is 1.50 bits per heavy atom. The highest BCUT2D eigenvalue weighted by atomic mass is 16.5. The minimum absolute atomic E-state index is 0.334. The van der Waals surface area contributed by atoms with E-state index in [4.69, 9.17) is 4.74 Å². The molecule has 1 aliphatic rings. The summed E-state index contributed by atoms with van der Waals surface area (Å²) in [4.78, 5) is 13.3. The first kappa shape index (κ1) is 14.9. The number of benzene rings is 1. The van der Waals surface area contributed by atoms with Gasteiger partial charge in [-0.1, -0.05) is 26.0 Å². The van der Waals surface area contributed by atoms with Gasteiger partial charge in [0.25, 0.3) is 0 Å². The highest BCUT2D eigenvalue weighted by Crippen LogP contribution is 2.29. The summed E-state index contributed by atoms with van der Waals surface area (Å²) in [6.45, 7) is 5.83. The van der Waals surface area contributed by atoms with E-state index in [-0.39, 0.29) is 6.04 Å². The summed E-state index contributed by atoms with van der Waals surface area (Å²) >= 11 is 0. The third kappa shape index (κ3) is 3.12. The van der Waals surface area contributed by atoms with E-state index in [0.717, 1.165) is 30.7 Å². The average Bonchev–Trinajstić information content (AvgIpc) is 2.87. The zero-order valence-electron chi connectivity index (χ0n) is 12.4. The van der Waals surface area contributed by atoms with Crippen LogP contribution in [0, 0.1) is 0 Å². The summed E-state index contributed by atoms with van der Waals surface area (Å²) < 4.78 is 5.38. The van der Waals surface area contributed by atoms with Gasteiger partial charge in [0.2, 0.25) is 0 Å². The lowest BCUT2D eigenvalue weighted by Crippen LogP contribution is -2.35. The molecule has 1 aliphatic heterocycles. The molecule has 1 unspecified atom stereocenters. The molecule has 0 aromatic heterocycles. The third-order valence-electron chi connectivity index (χ3n) is 3.95. The molecular formula is C16H23NO3. The molecule has 0 aliphatic carbocycles. The van der Waals surface area contributed by atoms with Gasteiger partial charge < -0.3 is 9.84 Å². The first-order chi connectivity index (χ1) is 9.52.